The van der Waals surface area contributed by atoms with Gasteiger partial charge in [-0.2, -0.15) is 0 Å². The highest BCUT2D eigenvalue weighted by atomic mass is 19.1. The van der Waals surface area contributed by atoms with Crippen molar-refractivity contribution < 1.29 is 9.13 Å². The molecule has 1 atom stereocenters. The molecule has 0 spiro atoms. The first kappa shape index (κ1) is 10.5. The van der Waals surface area contributed by atoms with Crippen molar-refractivity contribution in [3.63, 3.8) is 0 Å². The van der Waals surface area contributed by atoms with Gasteiger partial charge >= 0.3 is 0 Å². The molecule has 0 heterocycles. The van der Waals surface area contributed by atoms with Crippen molar-refractivity contribution in [1.82, 2.24) is 0 Å². The molecule has 0 bridgehead atoms. The predicted molar refractivity (Wildman–Crippen MR) is 53.4 cm³/mol. The lowest BCUT2D eigenvalue weighted by Crippen LogP contribution is -2.03. The van der Waals surface area contributed by atoms with Crippen LogP contribution in [0.15, 0.2) is 24.3 Å². The lowest BCUT2D eigenvalue weighted by atomic mass is 10.3. The largest absolute Gasteiger partial charge is 0.494 e. The number of hydrogen-bond acceptors (Lipinski definition) is 1. The number of nitrogens with zero attached hydrogens (tertiary/aromatic N) is 1. The second-order valence-corrected chi connectivity index (χ2v) is 3.02. The average Bonchev–Trinajstić information content (AvgIpc) is 2.18. The van der Waals surface area contributed by atoms with E-state index in [1.165, 1.54) is 6.92 Å². The molecule has 0 fully saturated rings. The molecular formula is C11H12FNO. The van der Waals surface area contributed by atoms with Crippen LogP contribution in [0.25, 0.3) is 4.85 Å². The molecule has 0 saturated carbocycles. The summed E-state index contributed by atoms with van der Waals surface area (Å²) in [5.41, 5.74) is 0.580. The highest BCUT2D eigenvalue weighted by Gasteiger charge is 1.98. The van der Waals surface area contributed by atoms with E-state index in [4.69, 9.17) is 11.3 Å². The van der Waals surface area contributed by atoms with Crippen molar-refractivity contribution in [3.8, 4) is 5.75 Å². The minimum atomic E-state index is -0.836. The van der Waals surface area contributed by atoms with Crippen LogP contribution >= 0.6 is 0 Å². The van der Waals surface area contributed by atoms with Gasteiger partial charge in [0.2, 0.25) is 0 Å². The maximum atomic E-state index is 12.4. The van der Waals surface area contributed by atoms with E-state index in [2.05, 4.69) is 4.85 Å². The molecule has 0 aliphatic carbocycles. The second-order valence-electron chi connectivity index (χ2n) is 3.02. The van der Waals surface area contributed by atoms with Crippen molar-refractivity contribution in [3.05, 3.63) is 35.7 Å². The van der Waals surface area contributed by atoms with Crippen LogP contribution < -0.4 is 4.74 Å². The van der Waals surface area contributed by atoms with Crippen LogP contribution in [0.1, 0.15) is 13.3 Å². The van der Waals surface area contributed by atoms with Crippen LogP contribution in [0.4, 0.5) is 10.1 Å². The summed E-state index contributed by atoms with van der Waals surface area (Å²) in [4.78, 5) is 3.25. The average molecular weight is 193 g/mol. The molecule has 0 saturated heterocycles. The summed E-state index contributed by atoms with van der Waals surface area (Å²) in [5.74, 6) is 0.679. The molecule has 1 unspecified atom stereocenters. The molecular weight excluding hydrogens is 181 g/mol. The fourth-order valence-corrected chi connectivity index (χ4v) is 0.956. The third-order valence-electron chi connectivity index (χ3n) is 1.75. The lowest BCUT2D eigenvalue weighted by Gasteiger charge is -2.06. The first-order valence-electron chi connectivity index (χ1n) is 4.47. The summed E-state index contributed by atoms with van der Waals surface area (Å²) in [5, 5.41) is 0. The van der Waals surface area contributed by atoms with Gasteiger partial charge in [0.05, 0.1) is 13.2 Å². The Kier molecular flexibility index (Phi) is 3.93. The number of alkyl halides is 1. The standard InChI is InChI=1S/C11H12FNO/c1-9(12)7-8-14-11-5-3-10(13-2)4-6-11/h3-6,9H,7-8H2,1H3. The molecule has 1 aromatic rings. The smallest absolute Gasteiger partial charge is 0.187 e. The van der Waals surface area contributed by atoms with Crippen molar-refractivity contribution >= 4 is 5.69 Å². The minimum absolute atomic E-state index is 0.370. The van der Waals surface area contributed by atoms with Gasteiger partial charge in [0, 0.05) is 6.42 Å². The van der Waals surface area contributed by atoms with Gasteiger partial charge in [0.25, 0.3) is 0 Å². The van der Waals surface area contributed by atoms with Crippen LogP contribution in [0.3, 0.4) is 0 Å². The zero-order chi connectivity index (χ0) is 10.4. The van der Waals surface area contributed by atoms with Gasteiger partial charge in [-0.25, -0.2) is 9.24 Å². The first-order chi connectivity index (χ1) is 6.72. The summed E-state index contributed by atoms with van der Waals surface area (Å²) >= 11 is 0. The van der Waals surface area contributed by atoms with E-state index >= 15 is 0 Å². The molecule has 74 valence electrons. The number of ether oxygens (including phenoxy) is 1. The van der Waals surface area contributed by atoms with Crippen molar-refractivity contribution in [2.24, 2.45) is 0 Å². The molecule has 1 rings (SSSR count). The summed E-state index contributed by atoms with van der Waals surface area (Å²) in [7, 11) is 0. The Bertz CT molecular complexity index is 313. The van der Waals surface area contributed by atoms with Gasteiger partial charge in [-0.05, 0) is 19.1 Å². The van der Waals surface area contributed by atoms with Crippen LogP contribution in [-0.2, 0) is 0 Å². The molecule has 2 nitrogen and oxygen atoms in total. The van der Waals surface area contributed by atoms with Crippen molar-refractivity contribution in [1.29, 1.82) is 0 Å². The number of hydrogen-bond donors (Lipinski definition) is 0. The summed E-state index contributed by atoms with van der Waals surface area (Å²) in [6, 6.07) is 6.80. The molecule has 0 N–H and O–H groups in total. The molecule has 0 aliphatic heterocycles. The molecule has 14 heavy (non-hydrogen) atoms. The van der Waals surface area contributed by atoms with Gasteiger partial charge in [0.15, 0.2) is 5.69 Å². The molecule has 1 aromatic carbocycles. The normalized spacial score (nSPS) is 11.8. The van der Waals surface area contributed by atoms with Gasteiger partial charge in [-0.1, -0.05) is 12.1 Å². The second kappa shape index (κ2) is 5.23. The third-order valence-corrected chi connectivity index (χ3v) is 1.75. The molecule has 0 radical (unpaired) electrons. The summed E-state index contributed by atoms with van der Waals surface area (Å²) in [6.45, 7) is 8.62. The molecule has 3 heteroatoms. The number of halogens is 1. The van der Waals surface area contributed by atoms with E-state index in [9.17, 15) is 4.39 Å². The number of benzene rings is 1. The van der Waals surface area contributed by atoms with E-state index in [-0.39, 0.29) is 0 Å². The summed E-state index contributed by atoms with van der Waals surface area (Å²) in [6.07, 6.45) is -0.442. The Balaban J connectivity index is 2.41. The van der Waals surface area contributed by atoms with Gasteiger partial charge in [0.1, 0.15) is 11.9 Å². The lowest BCUT2D eigenvalue weighted by molar-refractivity contribution is 0.247. The van der Waals surface area contributed by atoms with E-state index in [1.807, 2.05) is 0 Å². The Morgan fingerprint density at radius 2 is 2.07 bits per heavy atom. The molecule has 0 amide bonds. The van der Waals surface area contributed by atoms with Crippen molar-refractivity contribution in [2.45, 2.75) is 19.5 Å². The van der Waals surface area contributed by atoms with E-state index in [0.29, 0.717) is 24.5 Å². The Morgan fingerprint density at radius 3 is 2.57 bits per heavy atom. The minimum Gasteiger partial charge on any atom is -0.494 e. The summed E-state index contributed by atoms with van der Waals surface area (Å²) < 4.78 is 17.7. The van der Waals surface area contributed by atoms with Crippen LogP contribution in [0, 0.1) is 6.57 Å². The van der Waals surface area contributed by atoms with E-state index in [1.54, 1.807) is 24.3 Å². The van der Waals surface area contributed by atoms with Gasteiger partial charge < -0.3 is 4.74 Å². The van der Waals surface area contributed by atoms with Crippen LogP contribution in [0.5, 0.6) is 5.75 Å². The number of rotatable bonds is 4. The van der Waals surface area contributed by atoms with E-state index < -0.39 is 6.17 Å². The molecule has 0 aliphatic rings. The molecule has 0 aromatic heterocycles. The van der Waals surface area contributed by atoms with Gasteiger partial charge in [-0.15, -0.1) is 0 Å². The fraction of sp³-hybridized carbons (Fsp3) is 0.364. The zero-order valence-corrected chi connectivity index (χ0v) is 8.03. The Morgan fingerprint density at radius 1 is 1.43 bits per heavy atom. The highest BCUT2D eigenvalue weighted by molar-refractivity contribution is 5.46. The quantitative estimate of drug-likeness (QED) is 0.668. The highest BCUT2D eigenvalue weighted by Crippen LogP contribution is 2.17. The van der Waals surface area contributed by atoms with Crippen LogP contribution in [-0.4, -0.2) is 12.8 Å². The van der Waals surface area contributed by atoms with E-state index in [0.717, 1.165) is 0 Å². The van der Waals surface area contributed by atoms with Crippen LogP contribution in [0.2, 0.25) is 0 Å². The van der Waals surface area contributed by atoms with Crippen molar-refractivity contribution in [2.75, 3.05) is 6.61 Å². The SMILES string of the molecule is [C-]#[N+]c1ccc(OCCC(C)F)cc1. The third kappa shape index (κ3) is 3.44. The predicted octanol–water partition coefficient (Wildman–Crippen LogP) is 3.36. The van der Waals surface area contributed by atoms with Gasteiger partial charge in [-0.3, -0.25) is 0 Å². The Hall–Kier alpha value is -1.56. The maximum absolute atomic E-state index is 12.4. The topological polar surface area (TPSA) is 13.6 Å². The Labute approximate surface area is 83.1 Å². The zero-order valence-electron chi connectivity index (χ0n) is 8.03. The maximum Gasteiger partial charge on any atom is 0.187 e. The first-order valence-corrected chi connectivity index (χ1v) is 4.47. The fourth-order valence-electron chi connectivity index (χ4n) is 0.956. The monoisotopic (exact) mass is 193 g/mol.